The second-order valence-electron chi connectivity index (χ2n) is 2.76. The third kappa shape index (κ3) is 3.95. The molecule has 1 rings (SSSR count). The van der Waals surface area contributed by atoms with E-state index in [2.05, 4.69) is 21.6 Å². The predicted octanol–water partition coefficient (Wildman–Crippen LogP) is 3.20. The van der Waals surface area contributed by atoms with Gasteiger partial charge in [0.15, 0.2) is 0 Å². The molecular formula is C10H14BrO2P. The first kappa shape index (κ1) is 12.0. The van der Waals surface area contributed by atoms with Crippen LogP contribution in [0.3, 0.4) is 0 Å². The Bertz CT molecular complexity index is 268. The van der Waals surface area contributed by atoms with Crippen LogP contribution in [0.25, 0.3) is 0 Å². The Labute approximate surface area is 94.5 Å². The lowest BCUT2D eigenvalue weighted by molar-refractivity contribution is 0.146. The summed E-state index contributed by atoms with van der Waals surface area (Å²) in [7, 11) is 2.41. The molecule has 0 aromatic heterocycles. The molecule has 0 radical (unpaired) electrons. The number of hydrogen-bond acceptors (Lipinski definition) is 2. The van der Waals surface area contributed by atoms with E-state index in [1.165, 1.54) is 5.56 Å². The van der Waals surface area contributed by atoms with Gasteiger partial charge in [-0.1, -0.05) is 33.7 Å². The highest BCUT2D eigenvalue weighted by molar-refractivity contribution is 9.36. The summed E-state index contributed by atoms with van der Waals surface area (Å²) < 4.78 is 10.5. The summed E-state index contributed by atoms with van der Waals surface area (Å²) in [6.07, 6.45) is 1.02. The van der Waals surface area contributed by atoms with Crippen molar-refractivity contribution in [2.45, 2.75) is 6.16 Å². The lowest BCUT2D eigenvalue weighted by Gasteiger charge is -2.09. The van der Waals surface area contributed by atoms with Gasteiger partial charge < -0.3 is 9.47 Å². The molecule has 14 heavy (non-hydrogen) atoms. The summed E-state index contributed by atoms with van der Waals surface area (Å²) in [4.78, 5) is 0. The SMILES string of the molecule is COCCOc1ccccc1CPBr. The molecule has 1 aromatic carbocycles. The average molecular weight is 277 g/mol. The van der Waals surface area contributed by atoms with Crippen LogP contribution >= 0.6 is 22.8 Å². The highest BCUT2D eigenvalue weighted by Gasteiger charge is 2.01. The molecule has 0 fully saturated rings. The lowest BCUT2D eigenvalue weighted by Crippen LogP contribution is -2.05. The number of rotatable bonds is 6. The van der Waals surface area contributed by atoms with Crippen molar-refractivity contribution in [1.82, 2.24) is 0 Å². The highest BCUT2D eigenvalue weighted by Crippen LogP contribution is 2.30. The van der Waals surface area contributed by atoms with Gasteiger partial charge >= 0.3 is 0 Å². The maximum Gasteiger partial charge on any atom is 0.122 e. The van der Waals surface area contributed by atoms with Gasteiger partial charge in [0.1, 0.15) is 12.4 Å². The fourth-order valence-corrected chi connectivity index (χ4v) is 2.44. The molecule has 0 amide bonds. The van der Waals surface area contributed by atoms with Gasteiger partial charge in [-0.15, -0.1) is 0 Å². The molecule has 0 heterocycles. The monoisotopic (exact) mass is 276 g/mol. The van der Waals surface area contributed by atoms with Gasteiger partial charge in [-0.25, -0.2) is 0 Å². The Balaban J connectivity index is 2.55. The minimum Gasteiger partial charge on any atom is -0.491 e. The molecule has 1 unspecified atom stereocenters. The third-order valence-corrected chi connectivity index (χ3v) is 3.13. The van der Waals surface area contributed by atoms with Crippen LogP contribution in [0.1, 0.15) is 5.56 Å². The van der Waals surface area contributed by atoms with Crippen molar-refractivity contribution >= 4 is 22.8 Å². The van der Waals surface area contributed by atoms with Crippen molar-refractivity contribution in [2.75, 3.05) is 20.3 Å². The molecule has 0 N–H and O–H groups in total. The van der Waals surface area contributed by atoms with Gasteiger partial charge in [-0.05, 0) is 18.9 Å². The first-order valence-corrected chi connectivity index (χ1v) is 7.88. The van der Waals surface area contributed by atoms with E-state index in [9.17, 15) is 0 Å². The van der Waals surface area contributed by atoms with E-state index in [1.807, 2.05) is 18.2 Å². The van der Waals surface area contributed by atoms with E-state index in [0.29, 0.717) is 13.2 Å². The van der Waals surface area contributed by atoms with Gasteiger partial charge in [-0.2, -0.15) is 0 Å². The predicted molar refractivity (Wildman–Crippen MR) is 64.8 cm³/mol. The normalized spacial score (nSPS) is 11.0. The smallest absolute Gasteiger partial charge is 0.122 e. The van der Waals surface area contributed by atoms with Crippen LogP contribution < -0.4 is 4.74 Å². The zero-order valence-electron chi connectivity index (χ0n) is 8.13. The zero-order valence-corrected chi connectivity index (χ0v) is 10.7. The summed E-state index contributed by atoms with van der Waals surface area (Å²) in [5.74, 6) is 0.969. The van der Waals surface area contributed by atoms with Gasteiger partial charge in [-0.3, -0.25) is 0 Å². The molecule has 1 atom stereocenters. The average Bonchev–Trinajstić information content (AvgIpc) is 2.21. The van der Waals surface area contributed by atoms with Crippen LogP contribution in [-0.4, -0.2) is 20.3 Å². The van der Waals surface area contributed by atoms with E-state index >= 15 is 0 Å². The Hall–Kier alpha value is -0.110. The minimum absolute atomic E-state index is 0.610. The third-order valence-electron chi connectivity index (χ3n) is 1.77. The lowest BCUT2D eigenvalue weighted by atomic mass is 10.2. The molecule has 4 heteroatoms. The molecule has 0 saturated carbocycles. The topological polar surface area (TPSA) is 18.5 Å². The highest BCUT2D eigenvalue weighted by atomic mass is 79.9. The number of benzene rings is 1. The Morgan fingerprint density at radius 2 is 2.07 bits per heavy atom. The maximum atomic E-state index is 5.59. The number of methoxy groups -OCH3 is 1. The first-order chi connectivity index (χ1) is 6.88. The van der Waals surface area contributed by atoms with Crippen molar-refractivity contribution < 1.29 is 9.47 Å². The molecule has 0 bridgehead atoms. The van der Waals surface area contributed by atoms with Crippen LogP contribution in [-0.2, 0) is 10.9 Å². The second kappa shape index (κ2) is 7.22. The number of ether oxygens (including phenoxy) is 2. The summed E-state index contributed by atoms with van der Waals surface area (Å²) in [6, 6.07) is 8.11. The fourth-order valence-electron chi connectivity index (χ4n) is 1.10. The fraction of sp³-hybridized carbons (Fsp3) is 0.400. The quantitative estimate of drug-likeness (QED) is 0.587. The molecule has 0 aliphatic heterocycles. The first-order valence-electron chi connectivity index (χ1n) is 4.41. The molecule has 1 aromatic rings. The van der Waals surface area contributed by atoms with Gasteiger partial charge in [0.2, 0.25) is 0 Å². The van der Waals surface area contributed by atoms with Crippen molar-refractivity contribution in [1.29, 1.82) is 0 Å². The summed E-state index contributed by atoms with van der Waals surface area (Å²) in [5, 5.41) is 0. The second-order valence-corrected chi connectivity index (χ2v) is 5.06. The number of hydrogen-bond donors (Lipinski definition) is 0. The molecule has 0 aliphatic rings. The van der Waals surface area contributed by atoms with E-state index in [4.69, 9.17) is 9.47 Å². The number of para-hydroxylation sites is 1. The van der Waals surface area contributed by atoms with Crippen molar-refractivity contribution in [3.63, 3.8) is 0 Å². The summed E-state index contributed by atoms with van der Waals surface area (Å²) in [5.41, 5.74) is 1.25. The van der Waals surface area contributed by atoms with Gasteiger partial charge in [0.05, 0.1) is 6.61 Å². The van der Waals surface area contributed by atoms with Crippen LogP contribution in [0.2, 0.25) is 0 Å². The standard InChI is InChI=1S/C10H14BrO2P/c1-12-6-7-13-10-5-3-2-4-9(10)8-14-11/h2-5,14H,6-8H2,1H3. The van der Waals surface area contributed by atoms with Crippen molar-refractivity contribution in [3.8, 4) is 5.75 Å². The van der Waals surface area contributed by atoms with Crippen LogP contribution in [0, 0.1) is 0 Å². The maximum absolute atomic E-state index is 5.59. The Morgan fingerprint density at radius 3 is 2.79 bits per heavy atom. The summed E-state index contributed by atoms with van der Waals surface area (Å²) in [6.45, 7) is 1.24. The molecule has 2 nitrogen and oxygen atoms in total. The van der Waals surface area contributed by atoms with E-state index in [0.717, 1.165) is 19.2 Å². The van der Waals surface area contributed by atoms with Crippen LogP contribution in [0.4, 0.5) is 0 Å². The molecule has 0 aliphatic carbocycles. The van der Waals surface area contributed by atoms with E-state index in [-0.39, 0.29) is 0 Å². The molecule has 0 spiro atoms. The van der Waals surface area contributed by atoms with Gasteiger partial charge in [0, 0.05) is 13.3 Å². The summed E-state index contributed by atoms with van der Waals surface area (Å²) >= 11 is 3.45. The van der Waals surface area contributed by atoms with Crippen molar-refractivity contribution in [2.24, 2.45) is 0 Å². The van der Waals surface area contributed by atoms with Gasteiger partial charge in [0.25, 0.3) is 0 Å². The van der Waals surface area contributed by atoms with Crippen molar-refractivity contribution in [3.05, 3.63) is 29.8 Å². The molecule has 0 saturated heterocycles. The Kier molecular flexibility index (Phi) is 6.17. The molecule has 78 valence electrons. The Morgan fingerprint density at radius 1 is 1.29 bits per heavy atom. The largest absolute Gasteiger partial charge is 0.491 e. The van der Waals surface area contributed by atoms with E-state index in [1.54, 1.807) is 7.11 Å². The molecular weight excluding hydrogens is 263 g/mol. The van der Waals surface area contributed by atoms with Crippen LogP contribution in [0.15, 0.2) is 24.3 Å². The van der Waals surface area contributed by atoms with E-state index < -0.39 is 0 Å². The minimum atomic E-state index is 0.610. The zero-order chi connectivity index (χ0) is 10.2. The van der Waals surface area contributed by atoms with Crippen LogP contribution in [0.5, 0.6) is 5.75 Å². The number of halogens is 1.